The van der Waals surface area contributed by atoms with Crippen LogP contribution in [0.2, 0.25) is 0 Å². The van der Waals surface area contributed by atoms with Gasteiger partial charge in [0.1, 0.15) is 5.82 Å². The molecule has 1 aliphatic heterocycles. The van der Waals surface area contributed by atoms with Gasteiger partial charge < -0.3 is 10.6 Å². The largest absolute Gasteiger partial charge is 0.416 e. The van der Waals surface area contributed by atoms with Crippen LogP contribution in [0.5, 0.6) is 0 Å². The standard InChI is InChI=1S/C31H24F6N6O2/c1-17-5-8-23(39-27(44)18-3-2-4-21(13-18)31(35,36)37)14-25(17)42-16-19-15-38-28(41-26(19)43(29(42)45)24-11-12-24)40-22-9-6-20(7-10-22)30(32,33)34/h2-10,13-15,24H,11-12,16H2,1H3,(H,39,44)(H,38,40,41). The number of alkyl halides is 6. The Morgan fingerprint density at radius 1 is 0.889 bits per heavy atom. The number of nitrogens with zero attached hydrogens (tertiary/aromatic N) is 4. The van der Waals surface area contributed by atoms with E-state index in [1.807, 2.05) is 0 Å². The van der Waals surface area contributed by atoms with Crippen LogP contribution in [-0.4, -0.2) is 27.9 Å². The first kappa shape index (κ1) is 29.9. The number of nitrogens with one attached hydrogen (secondary N) is 2. The molecular weight excluding hydrogens is 602 g/mol. The fourth-order valence-corrected chi connectivity index (χ4v) is 4.98. The third-order valence-corrected chi connectivity index (χ3v) is 7.43. The molecule has 0 atom stereocenters. The summed E-state index contributed by atoms with van der Waals surface area (Å²) in [5, 5.41) is 5.50. The van der Waals surface area contributed by atoms with Crippen molar-refractivity contribution in [3.05, 3.63) is 101 Å². The van der Waals surface area contributed by atoms with Crippen LogP contribution in [0, 0.1) is 6.92 Å². The van der Waals surface area contributed by atoms with E-state index >= 15 is 0 Å². The predicted octanol–water partition coefficient (Wildman–Crippen LogP) is 7.93. The van der Waals surface area contributed by atoms with Gasteiger partial charge in [-0.15, -0.1) is 0 Å². The average molecular weight is 627 g/mol. The van der Waals surface area contributed by atoms with Gasteiger partial charge in [0.15, 0.2) is 0 Å². The molecule has 45 heavy (non-hydrogen) atoms. The van der Waals surface area contributed by atoms with Crippen LogP contribution < -0.4 is 20.4 Å². The smallest absolute Gasteiger partial charge is 0.324 e. The summed E-state index contributed by atoms with van der Waals surface area (Å²) in [5.74, 6) is -0.252. The summed E-state index contributed by atoms with van der Waals surface area (Å²) < 4.78 is 78.2. The second-order valence-electron chi connectivity index (χ2n) is 10.7. The van der Waals surface area contributed by atoms with E-state index in [0.29, 0.717) is 28.3 Å². The van der Waals surface area contributed by atoms with Crippen molar-refractivity contribution in [3.63, 3.8) is 0 Å². The number of halogens is 6. The maximum absolute atomic E-state index is 13.9. The van der Waals surface area contributed by atoms with Crippen molar-refractivity contribution in [2.24, 2.45) is 0 Å². The van der Waals surface area contributed by atoms with Gasteiger partial charge in [0.2, 0.25) is 5.95 Å². The van der Waals surface area contributed by atoms with Gasteiger partial charge in [-0.25, -0.2) is 9.78 Å². The van der Waals surface area contributed by atoms with Crippen LogP contribution in [0.4, 0.5) is 60.0 Å². The third kappa shape index (κ3) is 6.26. The summed E-state index contributed by atoms with van der Waals surface area (Å²) in [5.41, 5.74) is 0.513. The molecule has 14 heteroatoms. The number of fused-ring (bicyclic) bond motifs is 1. The normalized spacial score (nSPS) is 15.1. The monoisotopic (exact) mass is 626 g/mol. The molecule has 4 aromatic rings. The summed E-state index contributed by atoms with van der Waals surface area (Å²) in [6.45, 7) is 1.87. The molecule has 0 unspecified atom stereocenters. The van der Waals surface area contributed by atoms with Gasteiger partial charge in [0.25, 0.3) is 5.91 Å². The van der Waals surface area contributed by atoms with Gasteiger partial charge in [-0.1, -0.05) is 12.1 Å². The van der Waals surface area contributed by atoms with E-state index in [1.54, 1.807) is 30.0 Å². The molecule has 1 saturated carbocycles. The van der Waals surface area contributed by atoms with E-state index in [1.165, 1.54) is 29.3 Å². The highest BCUT2D eigenvalue weighted by atomic mass is 19.4. The molecule has 2 N–H and O–H groups in total. The minimum Gasteiger partial charge on any atom is -0.324 e. The number of carbonyl (C=O) groups is 2. The Bertz CT molecular complexity index is 1790. The highest BCUT2D eigenvalue weighted by Crippen LogP contribution is 2.40. The molecule has 0 spiro atoms. The van der Waals surface area contributed by atoms with Crippen molar-refractivity contribution in [1.82, 2.24) is 9.97 Å². The van der Waals surface area contributed by atoms with E-state index < -0.39 is 29.4 Å². The number of urea groups is 1. The molecule has 1 aromatic heterocycles. The van der Waals surface area contributed by atoms with Gasteiger partial charge in [0, 0.05) is 34.7 Å². The Hall–Kier alpha value is -5.14. The van der Waals surface area contributed by atoms with E-state index in [0.717, 1.165) is 43.2 Å². The summed E-state index contributed by atoms with van der Waals surface area (Å²) in [4.78, 5) is 38.6. The van der Waals surface area contributed by atoms with Crippen molar-refractivity contribution >= 4 is 40.8 Å². The van der Waals surface area contributed by atoms with Crippen molar-refractivity contribution in [1.29, 1.82) is 0 Å². The molecule has 8 nitrogen and oxygen atoms in total. The van der Waals surface area contributed by atoms with Crippen LogP contribution in [0.1, 0.15) is 45.5 Å². The zero-order valence-electron chi connectivity index (χ0n) is 23.5. The third-order valence-electron chi connectivity index (χ3n) is 7.43. The molecule has 1 fully saturated rings. The predicted molar refractivity (Wildman–Crippen MR) is 154 cm³/mol. The Balaban J connectivity index is 1.25. The van der Waals surface area contributed by atoms with Crippen LogP contribution in [0.3, 0.4) is 0 Å². The summed E-state index contributed by atoms with van der Waals surface area (Å²) in [7, 11) is 0. The molecule has 6 rings (SSSR count). The fourth-order valence-electron chi connectivity index (χ4n) is 4.98. The van der Waals surface area contributed by atoms with Crippen molar-refractivity contribution in [3.8, 4) is 0 Å². The Kier molecular flexibility index (Phi) is 7.37. The first-order valence-electron chi connectivity index (χ1n) is 13.8. The van der Waals surface area contributed by atoms with E-state index in [4.69, 9.17) is 0 Å². The molecule has 3 amide bonds. The van der Waals surface area contributed by atoms with Crippen LogP contribution >= 0.6 is 0 Å². The zero-order chi connectivity index (χ0) is 32.1. The number of amides is 3. The first-order chi connectivity index (χ1) is 21.3. The maximum atomic E-state index is 13.9. The number of benzene rings is 3. The highest BCUT2D eigenvalue weighted by molar-refractivity contribution is 6.08. The lowest BCUT2D eigenvalue weighted by atomic mass is 10.1. The number of hydrogen-bond donors (Lipinski definition) is 2. The molecule has 232 valence electrons. The van der Waals surface area contributed by atoms with Crippen molar-refractivity contribution in [2.75, 3.05) is 20.4 Å². The average Bonchev–Trinajstić information content (AvgIpc) is 3.83. The Labute approximate surface area is 252 Å². The molecule has 3 aromatic carbocycles. The number of aromatic nitrogens is 2. The minimum absolute atomic E-state index is 0.0871. The first-order valence-corrected chi connectivity index (χ1v) is 13.8. The summed E-state index contributed by atoms with van der Waals surface area (Å²) in [6, 6.07) is 12.9. The van der Waals surface area contributed by atoms with Gasteiger partial charge in [-0.2, -0.15) is 31.3 Å². The van der Waals surface area contributed by atoms with Gasteiger partial charge in [-0.05, 0) is 79.9 Å². The van der Waals surface area contributed by atoms with E-state index in [9.17, 15) is 35.9 Å². The molecule has 2 heterocycles. The van der Waals surface area contributed by atoms with Gasteiger partial charge in [0.05, 0.1) is 23.4 Å². The topological polar surface area (TPSA) is 90.5 Å². The molecular formula is C31H24F6N6O2. The van der Waals surface area contributed by atoms with Crippen LogP contribution in [0.25, 0.3) is 0 Å². The molecule has 2 aliphatic rings. The minimum atomic E-state index is -4.60. The number of anilines is 5. The molecule has 0 saturated heterocycles. The van der Waals surface area contributed by atoms with Gasteiger partial charge in [-0.3, -0.25) is 14.6 Å². The summed E-state index contributed by atoms with van der Waals surface area (Å²) >= 11 is 0. The van der Waals surface area contributed by atoms with Crippen molar-refractivity contribution in [2.45, 2.75) is 44.7 Å². The molecule has 0 radical (unpaired) electrons. The van der Waals surface area contributed by atoms with E-state index in [2.05, 4.69) is 20.6 Å². The number of rotatable bonds is 6. The highest BCUT2D eigenvalue weighted by Gasteiger charge is 2.42. The number of hydrogen-bond acceptors (Lipinski definition) is 5. The van der Waals surface area contributed by atoms with Crippen molar-refractivity contribution < 1.29 is 35.9 Å². The lowest BCUT2D eigenvalue weighted by Gasteiger charge is -2.37. The second-order valence-corrected chi connectivity index (χ2v) is 10.7. The van der Waals surface area contributed by atoms with Crippen LogP contribution in [0.15, 0.2) is 72.9 Å². The molecule has 0 bridgehead atoms. The van der Waals surface area contributed by atoms with E-state index in [-0.39, 0.29) is 35.8 Å². The Morgan fingerprint density at radius 3 is 2.24 bits per heavy atom. The lowest BCUT2D eigenvalue weighted by molar-refractivity contribution is -0.138. The number of aryl methyl sites for hydroxylation is 1. The maximum Gasteiger partial charge on any atom is 0.416 e. The quantitative estimate of drug-likeness (QED) is 0.212. The SMILES string of the molecule is Cc1ccc(NC(=O)c2cccc(C(F)(F)F)c2)cc1N1Cc2cnc(Nc3ccc(C(F)(F)F)cc3)nc2N(C2CC2)C1=O. The summed E-state index contributed by atoms with van der Waals surface area (Å²) in [6.07, 6.45) is -6.04. The number of carbonyl (C=O) groups excluding carboxylic acids is 2. The van der Waals surface area contributed by atoms with Gasteiger partial charge >= 0.3 is 18.4 Å². The van der Waals surface area contributed by atoms with Crippen LogP contribution in [-0.2, 0) is 18.9 Å². The fraction of sp³-hybridized carbons (Fsp3) is 0.226. The molecule has 1 aliphatic carbocycles. The zero-order valence-corrected chi connectivity index (χ0v) is 23.5. The second kappa shape index (κ2) is 11.1. The lowest BCUT2D eigenvalue weighted by Crippen LogP contribution is -2.49. The Morgan fingerprint density at radius 2 is 1.58 bits per heavy atom.